The third kappa shape index (κ3) is 2.99. The van der Waals surface area contributed by atoms with Crippen molar-refractivity contribution in [3.63, 3.8) is 0 Å². The Kier molecular flexibility index (Phi) is 5.39. The van der Waals surface area contributed by atoms with Crippen molar-refractivity contribution in [1.29, 1.82) is 0 Å². The Morgan fingerprint density at radius 1 is 1.40 bits per heavy atom. The molecule has 2 unspecified atom stereocenters. The largest absolute Gasteiger partial charge is 0.496 e. The summed E-state index contributed by atoms with van der Waals surface area (Å²) in [5.74, 6) is 2.78. The highest BCUT2D eigenvalue weighted by molar-refractivity contribution is 7.99. The molecule has 0 amide bonds. The van der Waals surface area contributed by atoms with Gasteiger partial charge < -0.3 is 10.1 Å². The first-order valence-corrected chi connectivity index (χ1v) is 8.66. The molecule has 0 spiro atoms. The fourth-order valence-corrected chi connectivity index (χ4v) is 4.54. The van der Waals surface area contributed by atoms with E-state index in [9.17, 15) is 0 Å². The highest BCUT2D eigenvalue weighted by Crippen LogP contribution is 2.45. The lowest BCUT2D eigenvalue weighted by atomic mass is 9.89. The summed E-state index contributed by atoms with van der Waals surface area (Å²) in [5.41, 5.74) is 4.26. The zero-order chi connectivity index (χ0) is 14.7. The molecule has 1 heterocycles. The molecular formula is C17H27NOS. The Labute approximate surface area is 127 Å². The predicted octanol–water partition coefficient (Wildman–Crippen LogP) is 4.32. The quantitative estimate of drug-likeness (QED) is 0.874. The predicted molar refractivity (Wildman–Crippen MR) is 88.7 cm³/mol. The van der Waals surface area contributed by atoms with Gasteiger partial charge in [-0.1, -0.05) is 26.8 Å². The first kappa shape index (κ1) is 15.7. The minimum Gasteiger partial charge on any atom is -0.496 e. The van der Waals surface area contributed by atoms with E-state index in [1.807, 2.05) is 0 Å². The van der Waals surface area contributed by atoms with Crippen LogP contribution in [0.1, 0.15) is 49.9 Å². The maximum absolute atomic E-state index is 5.58. The monoisotopic (exact) mass is 293 g/mol. The molecule has 0 bridgehead atoms. The van der Waals surface area contributed by atoms with Crippen LogP contribution in [0.15, 0.2) is 12.1 Å². The molecule has 0 aromatic heterocycles. The van der Waals surface area contributed by atoms with Crippen molar-refractivity contribution in [3.8, 4) is 5.75 Å². The second-order valence-corrected chi connectivity index (χ2v) is 7.09. The number of thioether (sulfide) groups is 1. The smallest absolute Gasteiger partial charge is 0.123 e. The lowest BCUT2D eigenvalue weighted by molar-refractivity contribution is 0.401. The average Bonchev–Trinajstić information content (AvgIpc) is 2.44. The SMILES string of the molecule is CCCNC1c2c(C)ccc(OC)c2CSC1C(C)C. The lowest BCUT2D eigenvalue weighted by Gasteiger charge is -2.38. The second kappa shape index (κ2) is 6.86. The molecule has 0 aliphatic carbocycles. The van der Waals surface area contributed by atoms with Crippen LogP contribution < -0.4 is 10.1 Å². The number of hydrogen-bond acceptors (Lipinski definition) is 3. The summed E-state index contributed by atoms with van der Waals surface area (Å²) in [6, 6.07) is 4.76. The second-order valence-electron chi connectivity index (χ2n) is 5.93. The Morgan fingerprint density at radius 3 is 2.75 bits per heavy atom. The summed E-state index contributed by atoms with van der Waals surface area (Å²) < 4.78 is 5.58. The van der Waals surface area contributed by atoms with Gasteiger partial charge in [-0.25, -0.2) is 0 Å². The number of nitrogens with one attached hydrogen (secondary N) is 1. The first-order chi connectivity index (χ1) is 9.60. The van der Waals surface area contributed by atoms with Crippen LogP contribution >= 0.6 is 11.8 Å². The number of fused-ring (bicyclic) bond motifs is 1. The van der Waals surface area contributed by atoms with Gasteiger partial charge in [-0.05, 0) is 43.0 Å². The maximum Gasteiger partial charge on any atom is 0.123 e. The minimum atomic E-state index is 0.443. The molecule has 2 nitrogen and oxygen atoms in total. The van der Waals surface area contributed by atoms with E-state index in [2.05, 4.69) is 56.9 Å². The van der Waals surface area contributed by atoms with Crippen LogP contribution in [0.25, 0.3) is 0 Å². The molecule has 20 heavy (non-hydrogen) atoms. The van der Waals surface area contributed by atoms with E-state index in [-0.39, 0.29) is 0 Å². The molecular weight excluding hydrogens is 266 g/mol. The highest BCUT2D eigenvalue weighted by atomic mass is 32.2. The van der Waals surface area contributed by atoms with Crippen molar-refractivity contribution in [1.82, 2.24) is 5.32 Å². The van der Waals surface area contributed by atoms with Gasteiger partial charge in [0, 0.05) is 22.6 Å². The van der Waals surface area contributed by atoms with Crippen molar-refractivity contribution in [2.24, 2.45) is 5.92 Å². The van der Waals surface area contributed by atoms with Gasteiger partial charge >= 0.3 is 0 Å². The molecule has 1 N–H and O–H groups in total. The van der Waals surface area contributed by atoms with Gasteiger partial charge in [-0.3, -0.25) is 0 Å². The molecule has 1 aromatic carbocycles. The van der Waals surface area contributed by atoms with Crippen molar-refractivity contribution < 1.29 is 4.74 Å². The van der Waals surface area contributed by atoms with Crippen LogP contribution in [0.5, 0.6) is 5.75 Å². The molecule has 0 radical (unpaired) electrons. The molecule has 3 heteroatoms. The number of aryl methyl sites for hydroxylation is 1. The van der Waals surface area contributed by atoms with E-state index >= 15 is 0 Å². The summed E-state index contributed by atoms with van der Waals surface area (Å²) in [4.78, 5) is 0. The normalized spacial score (nSPS) is 21.9. The van der Waals surface area contributed by atoms with Gasteiger partial charge in [0.2, 0.25) is 0 Å². The van der Waals surface area contributed by atoms with Crippen LogP contribution in [0.3, 0.4) is 0 Å². The molecule has 1 aromatic rings. The van der Waals surface area contributed by atoms with E-state index < -0.39 is 0 Å². The van der Waals surface area contributed by atoms with Gasteiger partial charge in [-0.15, -0.1) is 0 Å². The Hall–Kier alpha value is -0.670. The topological polar surface area (TPSA) is 21.3 Å². The van der Waals surface area contributed by atoms with E-state index in [0.717, 1.165) is 18.0 Å². The number of rotatable bonds is 5. The first-order valence-electron chi connectivity index (χ1n) is 7.61. The zero-order valence-corrected chi connectivity index (χ0v) is 14.1. The maximum atomic E-state index is 5.58. The van der Waals surface area contributed by atoms with Crippen LogP contribution in [0.4, 0.5) is 0 Å². The van der Waals surface area contributed by atoms with E-state index in [4.69, 9.17) is 4.74 Å². The molecule has 2 atom stereocenters. The highest BCUT2D eigenvalue weighted by Gasteiger charge is 2.34. The molecule has 0 fully saturated rings. The van der Waals surface area contributed by atoms with E-state index in [1.165, 1.54) is 23.1 Å². The van der Waals surface area contributed by atoms with Crippen molar-refractivity contribution >= 4 is 11.8 Å². The van der Waals surface area contributed by atoms with Gasteiger partial charge in [0.25, 0.3) is 0 Å². The Morgan fingerprint density at radius 2 is 2.15 bits per heavy atom. The molecule has 112 valence electrons. The van der Waals surface area contributed by atoms with Gasteiger partial charge in [-0.2, -0.15) is 11.8 Å². The van der Waals surface area contributed by atoms with Crippen LogP contribution in [-0.4, -0.2) is 18.9 Å². The average molecular weight is 293 g/mol. The number of hydrogen-bond donors (Lipinski definition) is 1. The zero-order valence-electron chi connectivity index (χ0n) is 13.3. The fourth-order valence-electron chi connectivity index (χ4n) is 3.07. The molecule has 0 saturated carbocycles. The van der Waals surface area contributed by atoms with Crippen LogP contribution in [0.2, 0.25) is 0 Å². The number of ether oxygens (including phenoxy) is 1. The number of methoxy groups -OCH3 is 1. The van der Waals surface area contributed by atoms with Crippen molar-refractivity contribution in [2.75, 3.05) is 13.7 Å². The van der Waals surface area contributed by atoms with Gasteiger partial charge in [0.15, 0.2) is 0 Å². The van der Waals surface area contributed by atoms with Crippen LogP contribution in [-0.2, 0) is 5.75 Å². The summed E-state index contributed by atoms with van der Waals surface area (Å²) in [7, 11) is 1.78. The molecule has 1 aliphatic rings. The number of benzene rings is 1. The summed E-state index contributed by atoms with van der Waals surface area (Å²) in [6.45, 7) is 10.2. The molecule has 0 saturated heterocycles. The third-order valence-electron chi connectivity index (χ3n) is 4.08. The summed E-state index contributed by atoms with van der Waals surface area (Å²) in [5, 5.41) is 4.41. The van der Waals surface area contributed by atoms with Gasteiger partial charge in [0.1, 0.15) is 5.75 Å². The van der Waals surface area contributed by atoms with Crippen molar-refractivity contribution in [2.45, 2.75) is 51.2 Å². The molecule has 2 rings (SSSR count). The lowest BCUT2D eigenvalue weighted by Crippen LogP contribution is -2.37. The fraction of sp³-hybridized carbons (Fsp3) is 0.647. The van der Waals surface area contributed by atoms with E-state index in [0.29, 0.717) is 17.2 Å². The summed E-state index contributed by atoms with van der Waals surface area (Å²) >= 11 is 2.07. The van der Waals surface area contributed by atoms with Crippen LogP contribution in [0, 0.1) is 12.8 Å². The van der Waals surface area contributed by atoms with Crippen molar-refractivity contribution in [3.05, 3.63) is 28.8 Å². The minimum absolute atomic E-state index is 0.443. The van der Waals surface area contributed by atoms with E-state index in [1.54, 1.807) is 7.11 Å². The van der Waals surface area contributed by atoms with Gasteiger partial charge in [0.05, 0.1) is 7.11 Å². The third-order valence-corrected chi connectivity index (χ3v) is 5.74. The Bertz CT molecular complexity index is 459. The summed E-state index contributed by atoms with van der Waals surface area (Å²) in [6.07, 6.45) is 1.17. The molecule has 1 aliphatic heterocycles. The Balaban J connectivity index is 2.44. The standard InChI is InChI=1S/C17H27NOS/c1-6-9-18-16-15-12(4)7-8-14(19-5)13(15)10-20-17(16)11(2)3/h7-8,11,16-18H,6,9-10H2,1-5H3.